The number of rotatable bonds is 15. The van der Waals surface area contributed by atoms with Gasteiger partial charge in [0.25, 0.3) is 5.69 Å². The first-order valence-corrected chi connectivity index (χ1v) is 11.4. The number of amides is 2. The molecule has 0 fully saturated rings. The molecule has 0 bridgehead atoms. The van der Waals surface area contributed by atoms with Crippen molar-refractivity contribution < 1.29 is 54.0 Å². The molecule has 11 nitrogen and oxygen atoms in total. The second-order valence-electron chi connectivity index (χ2n) is 8.13. The Morgan fingerprint density at radius 2 is 1.81 bits per heavy atom. The number of unbranched alkanes of at least 4 members (excludes halogenated alkanes) is 3. The number of nitrogens with zero attached hydrogens (tertiary/aromatic N) is 2. The van der Waals surface area contributed by atoms with Gasteiger partial charge in [0, 0.05) is 43.7 Å². The number of aliphatic carboxylic acids is 1. The molecule has 2 aromatic rings. The molecule has 0 radical (unpaired) electrons. The van der Waals surface area contributed by atoms with E-state index in [-0.39, 0.29) is 59.7 Å². The van der Waals surface area contributed by atoms with Crippen LogP contribution in [0.5, 0.6) is 0 Å². The summed E-state index contributed by atoms with van der Waals surface area (Å²) < 4.78 is 0. The van der Waals surface area contributed by atoms with Gasteiger partial charge < -0.3 is 25.9 Å². The third kappa shape index (κ3) is 12.1. The van der Waals surface area contributed by atoms with Crippen LogP contribution in [0.4, 0.5) is 11.5 Å². The van der Waals surface area contributed by atoms with Crippen molar-refractivity contribution in [3.05, 3.63) is 63.8 Å². The van der Waals surface area contributed by atoms with Gasteiger partial charge in [-0.1, -0.05) is 25.0 Å². The average Bonchev–Trinajstić information content (AvgIpc) is 2.81. The van der Waals surface area contributed by atoms with Gasteiger partial charge in [0.05, 0.1) is 17.5 Å². The van der Waals surface area contributed by atoms with Gasteiger partial charge in [-0.2, -0.15) is 0 Å². The minimum atomic E-state index is -1.42. The maximum absolute atomic E-state index is 12.2. The monoisotopic (exact) mass is 507 g/mol. The van der Waals surface area contributed by atoms with Crippen molar-refractivity contribution in [2.24, 2.45) is 0 Å². The number of carboxylic acids is 1. The van der Waals surface area contributed by atoms with Crippen molar-refractivity contribution in [3.8, 4) is 0 Å². The second-order valence-corrected chi connectivity index (χ2v) is 8.13. The summed E-state index contributed by atoms with van der Waals surface area (Å²) in [5, 5.41) is 30.3. The van der Waals surface area contributed by atoms with Crippen LogP contribution in [0.2, 0.25) is 0 Å². The van der Waals surface area contributed by atoms with E-state index in [0.29, 0.717) is 6.42 Å². The molecule has 1 aromatic carbocycles. The van der Waals surface area contributed by atoms with Crippen molar-refractivity contribution in [3.63, 3.8) is 0 Å². The summed E-state index contributed by atoms with van der Waals surface area (Å²) in [6, 6.07) is 8.23. The fraction of sp³-hybridized carbons (Fsp3) is 0.417. The number of anilines is 1. The van der Waals surface area contributed by atoms with Crippen LogP contribution >= 0.6 is 0 Å². The largest absolute Gasteiger partial charge is 1.00 e. The van der Waals surface area contributed by atoms with Gasteiger partial charge >= 0.3 is 29.6 Å². The molecule has 1 atom stereocenters. The molecule has 36 heavy (non-hydrogen) atoms. The first kappa shape index (κ1) is 31.0. The van der Waals surface area contributed by atoms with E-state index < -0.39 is 29.3 Å². The Balaban J connectivity index is 0.00000648. The molecular formula is C24H30N5NaO6. The molecule has 0 saturated heterocycles. The number of aromatic nitrogens is 1. The second kappa shape index (κ2) is 16.6. The summed E-state index contributed by atoms with van der Waals surface area (Å²) in [6.07, 6.45) is 4.90. The zero-order valence-corrected chi connectivity index (χ0v) is 22.6. The van der Waals surface area contributed by atoms with Gasteiger partial charge in [-0.25, -0.2) is 4.98 Å². The topological polar surface area (TPSA) is 166 Å². The zero-order chi connectivity index (χ0) is 25.6. The van der Waals surface area contributed by atoms with Crippen LogP contribution in [0.25, 0.3) is 0 Å². The summed E-state index contributed by atoms with van der Waals surface area (Å²) in [5.74, 6) is -1.47. The van der Waals surface area contributed by atoms with Gasteiger partial charge in [0.1, 0.15) is 5.82 Å². The minimum absolute atomic E-state index is 0. The fourth-order valence-electron chi connectivity index (χ4n) is 3.40. The molecule has 0 aliphatic carbocycles. The van der Waals surface area contributed by atoms with E-state index in [1.165, 1.54) is 24.3 Å². The van der Waals surface area contributed by atoms with Crippen LogP contribution in [0.3, 0.4) is 0 Å². The van der Waals surface area contributed by atoms with Gasteiger partial charge in [-0.3, -0.25) is 19.7 Å². The summed E-state index contributed by atoms with van der Waals surface area (Å²) in [7, 11) is 0. The molecule has 188 valence electrons. The van der Waals surface area contributed by atoms with Gasteiger partial charge in [0.2, 0.25) is 11.8 Å². The number of aryl methyl sites for hydroxylation is 1. The first-order chi connectivity index (χ1) is 16.7. The number of nitro benzene ring substituents is 1. The number of hydrogen-bond acceptors (Lipinski definition) is 8. The van der Waals surface area contributed by atoms with Crippen LogP contribution in [0.1, 0.15) is 55.7 Å². The number of carbonyl (C=O) groups is 3. The van der Waals surface area contributed by atoms with Crippen LogP contribution in [-0.2, 0) is 14.4 Å². The van der Waals surface area contributed by atoms with Crippen LogP contribution in [0, 0.1) is 17.0 Å². The molecule has 2 rings (SSSR count). The summed E-state index contributed by atoms with van der Waals surface area (Å²) >= 11 is 0. The molecule has 1 unspecified atom stereocenters. The van der Waals surface area contributed by atoms with Crippen LogP contribution in [-0.4, -0.2) is 40.8 Å². The normalized spacial score (nSPS) is 11.0. The zero-order valence-electron chi connectivity index (χ0n) is 20.6. The number of carbonyl (C=O) groups excluding carboxylic acids is 3. The Morgan fingerprint density at radius 1 is 1.06 bits per heavy atom. The predicted octanol–water partition coefficient (Wildman–Crippen LogP) is -1.22. The Morgan fingerprint density at radius 3 is 2.50 bits per heavy atom. The molecular weight excluding hydrogens is 477 g/mol. The van der Waals surface area contributed by atoms with E-state index in [1.807, 2.05) is 19.1 Å². The number of benzene rings is 1. The van der Waals surface area contributed by atoms with Crippen molar-refractivity contribution in [1.29, 1.82) is 0 Å². The Hall–Kier alpha value is -3.02. The Bertz CT molecular complexity index is 1040. The number of nitrogens with one attached hydrogen (secondary N) is 3. The van der Waals surface area contributed by atoms with E-state index in [4.69, 9.17) is 0 Å². The number of nitro groups is 1. The molecule has 0 aliphatic rings. The average molecular weight is 508 g/mol. The molecule has 0 aliphatic heterocycles. The van der Waals surface area contributed by atoms with Crippen molar-refractivity contribution in [1.82, 2.24) is 15.6 Å². The van der Waals surface area contributed by atoms with E-state index in [2.05, 4.69) is 20.9 Å². The Kier molecular flexibility index (Phi) is 14.3. The number of non-ortho nitro benzene ring substituents is 1. The molecule has 2 amide bonds. The standard InChI is InChI=1S/C24H31N5O6.Na/c1-17-10-12-26-21(13-17)25-11-5-3-2-4-9-22(30)27-16-23(31)28-20(15-24(32)33)18-7-6-8-19(14-18)29(34)35;/h6-8,10,12-14,20H,2-5,9,11,15-16H2,1H3,(H,25,26)(H,27,30)(H,28,31)(H,32,33);/q;+1/p-1. The maximum atomic E-state index is 12.2. The van der Waals surface area contributed by atoms with E-state index >= 15 is 0 Å². The van der Waals surface area contributed by atoms with Crippen molar-refractivity contribution >= 4 is 29.3 Å². The molecule has 0 saturated carbocycles. The SMILES string of the molecule is Cc1ccnc(NCCCCCCC(=O)NCC(=O)NC(CC(=O)[O-])c2cccc([N+](=O)[O-])c2)c1.[Na+]. The van der Waals surface area contributed by atoms with E-state index in [9.17, 15) is 29.6 Å². The summed E-state index contributed by atoms with van der Waals surface area (Å²) in [4.78, 5) is 49.9. The maximum Gasteiger partial charge on any atom is 1.00 e. The number of hydrogen-bond donors (Lipinski definition) is 3. The van der Waals surface area contributed by atoms with Crippen molar-refractivity contribution in [2.45, 2.75) is 51.5 Å². The van der Waals surface area contributed by atoms with Crippen LogP contribution < -0.4 is 50.6 Å². The molecule has 1 heterocycles. The molecule has 0 spiro atoms. The van der Waals surface area contributed by atoms with E-state index in [1.54, 1.807) is 6.20 Å². The predicted molar refractivity (Wildman–Crippen MR) is 127 cm³/mol. The molecule has 1 aromatic heterocycles. The molecule has 12 heteroatoms. The third-order valence-electron chi connectivity index (χ3n) is 5.19. The molecule has 3 N–H and O–H groups in total. The van der Waals surface area contributed by atoms with E-state index in [0.717, 1.165) is 37.2 Å². The van der Waals surface area contributed by atoms with Gasteiger partial charge in [0.15, 0.2) is 0 Å². The third-order valence-corrected chi connectivity index (χ3v) is 5.19. The fourth-order valence-corrected chi connectivity index (χ4v) is 3.40. The van der Waals surface area contributed by atoms with Gasteiger partial charge in [-0.05, 0) is 43.0 Å². The minimum Gasteiger partial charge on any atom is -0.550 e. The van der Waals surface area contributed by atoms with Crippen LogP contribution in [0.15, 0.2) is 42.6 Å². The Labute approximate surface area is 231 Å². The summed E-state index contributed by atoms with van der Waals surface area (Å²) in [5.41, 5.74) is 1.17. The quantitative estimate of drug-likeness (QED) is 0.117. The smallest absolute Gasteiger partial charge is 0.550 e. The number of pyridine rings is 1. The first-order valence-electron chi connectivity index (χ1n) is 11.4. The van der Waals surface area contributed by atoms with Gasteiger partial charge in [-0.15, -0.1) is 0 Å². The number of carboxylic acid groups (broad SMARTS) is 1. The van der Waals surface area contributed by atoms with Crippen molar-refractivity contribution in [2.75, 3.05) is 18.4 Å². The summed E-state index contributed by atoms with van der Waals surface area (Å²) in [6.45, 7) is 2.47.